The van der Waals surface area contributed by atoms with Crippen LogP contribution in [0.2, 0.25) is 0 Å². The zero-order valence-electron chi connectivity index (χ0n) is 12.5. The summed E-state index contributed by atoms with van der Waals surface area (Å²) in [6, 6.07) is 18.0. The molecule has 108 valence electrons. The van der Waals surface area contributed by atoms with E-state index in [1.165, 1.54) is 24.9 Å². The van der Waals surface area contributed by atoms with Crippen LogP contribution in [0.4, 0.5) is 5.69 Å². The summed E-state index contributed by atoms with van der Waals surface area (Å²) in [5.74, 6) is 6.32. The lowest BCUT2D eigenvalue weighted by atomic mass is 10.1. The molecule has 0 aliphatic carbocycles. The first kappa shape index (κ1) is 14.2. The molecule has 3 rings (SSSR count). The summed E-state index contributed by atoms with van der Waals surface area (Å²) in [4.78, 5) is 2.45. The molecule has 0 saturated carbocycles. The average Bonchev–Trinajstić information content (AvgIpc) is 2.61. The second-order valence-electron chi connectivity index (χ2n) is 5.53. The molecule has 1 aliphatic heterocycles. The molecule has 0 bridgehead atoms. The van der Waals surface area contributed by atoms with Gasteiger partial charge in [0.1, 0.15) is 0 Å². The maximum absolute atomic E-state index is 8.78. The van der Waals surface area contributed by atoms with Crippen LogP contribution in [0.5, 0.6) is 0 Å². The van der Waals surface area contributed by atoms with Crippen molar-refractivity contribution >= 4 is 5.69 Å². The van der Waals surface area contributed by atoms with Gasteiger partial charge in [-0.15, -0.1) is 0 Å². The normalized spacial score (nSPS) is 13.9. The van der Waals surface area contributed by atoms with Gasteiger partial charge in [-0.3, -0.25) is 0 Å². The lowest BCUT2D eigenvalue weighted by Gasteiger charge is -2.28. The third-order valence-corrected chi connectivity index (χ3v) is 3.95. The summed E-state index contributed by atoms with van der Waals surface area (Å²) in [5, 5.41) is 8.78. The Hall–Kier alpha value is -2.71. The van der Waals surface area contributed by atoms with E-state index in [-0.39, 0.29) is 0 Å². The van der Waals surface area contributed by atoms with E-state index >= 15 is 0 Å². The lowest BCUT2D eigenvalue weighted by molar-refractivity contribution is 0.578. The SMILES string of the molecule is N#Cc1ccc(C#Cc2ccc(N3CCCCC3)cc2)cc1. The van der Waals surface area contributed by atoms with E-state index < -0.39 is 0 Å². The number of benzene rings is 2. The van der Waals surface area contributed by atoms with Crippen molar-refractivity contribution < 1.29 is 0 Å². The molecule has 0 aromatic heterocycles. The largest absolute Gasteiger partial charge is 0.372 e. The first-order chi connectivity index (χ1) is 10.8. The van der Waals surface area contributed by atoms with Crippen LogP contribution in [0, 0.1) is 23.2 Å². The van der Waals surface area contributed by atoms with E-state index in [1.54, 1.807) is 12.1 Å². The summed E-state index contributed by atoms with van der Waals surface area (Å²) in [6.45, 7) is 2.33. The van der Waals surface area contributed by atoms with Crippen molar-refractivity contribution in [2.24, 2.45) is 0 Å². The van der Waals surface area contributed by atoms with Crippen LogP contribution in [0.15, 0.2) is 48.5 Å². The predicted octanol–water partition coefficient (Wildman–Crippen LogP) is 3.95. The number of hydrogen-bond acceptors (Lipinski definition) is 2. The van der Waals surface area contributed by atoms with Gasteiger partial charge in [-0.05, 0) is 67.8 Å². The fourth-order valence-corrected chi connectivity index (χ4v) is 2.68. The summed E-state index contributed by atoms with van der Waals surface area (Å²) in [5.41, 5.74) is 3.91. The monoisotopic (exact) mass is 286 g/mol. The highest BCUT2D eigenvalue weighted by atomic mass is 15.1. The summed E-state index contributed by atoms with van der Waals surface area (Å²) < 4.78 is 0. The second-order valence-corrected chi connectivity index (χ2v) is 5.53. The summed E-state index contributed by atoms with van der Waals surface area (Å²) in [7, 11) is 0. The van der Waals surface area contributed by atoms with Crippen LogP contribution in [0.25, 0.3) is 0 Å². The van der Waals surface area contributed by atoms with Gasteiger partial charge in [0.15, 0.2) is 0 Å². The van der Waals surface area contributed by atoms with Crippen LogP contribution in [0.1, 0.15) is 36.0 Å². The Morgan fingerprint density at radius 3 is 1.73 bits per heavy atom. The smallest absolute Gasteiger partial charge is 0.0991 e. The molecule has 22 heavy (non-hydrogen) atoms. The molecule has 0 unspecified atom stereocenters. The third kappa shape index (κ3) is 3.48. The Kier molecular flexibility index (Phi) is 4.42. The maximum Gasteiger partial charge on any atom is 0.0991 e. The van der Waals surface area contributed by atoms with Gasteiger partial charge in [0.2, 0.25) is 0 Å². The molecular formula is C20H18N2. The van der Waals surface area contributed by atoms with Gasteiger partial charge in [0.05, 0.1) is 11.6 Å². The minimum Gasteiger partial charge on any atom is -0.372 e. The molecule has 0 amide bonds. The van der Waals surface area contributed by atoms with Crippen molar-refractivity contribution in [1.82, 2.24) is 0 Å². The quantitative estimate of drug-likeness (QED) is 0.742. The molecule has 2 nitrogen and oxygen atoms in total. The molecule has 1 fully saturated rings. The Morgan fingerprint density at radius 1 is 0.682 bits per heavy atom. The second kappa shape index (κ2) is 6.83. The van der Waals surface area contributed by atoms with Crippen LogP contribution in [-0.2, 0) is 0 Å². The summed E-state index contributed by atoms with van der Waals surface area (Å²) in [6.07, 6.45) is 3.94. The van der Waals surface area contributed by atoms with Crippen molar-refractivity contribution in [2.75, 3.05) is 18.0 Å². The molecule has 1 saturated heterocycles. The molecule has 1 heterocycles. The molecule has 0 spiro atoms. The Labute approximate surface area is 132 Å². The van der Waals surface area contributed by atoms with Crippen LogP contribution in [-0.4, -0.2) is 13.1 Å². The van der Waals surface area contributed by atoms with E-state index in [9.17, 15) is 0 Å². The Balaban J connectivity index is 1.70. The minimum absolute atomic E-state index is 0.663. The van der Waals surface area contributed by atoms with Crippen molar-refractivity contribution in [2.45, 2.75) is 19.3 Å². The van der Waals surface area contributed by atoms with Crippen LogP contribution < -0.4 is 4.90 Å². The molecule has 0 N–H and O–H groups in total. The van der Waals surface area contributed by atoms with E-state index in [2.05, 4.69) is 47.1 Å². The number of anilines is 1. The molecular weight excluding hydrogens is 268 g/mol. The number of piperidine rings is 1. The van der Waals surface area contributed by atoms with E-state index in [1.807, 2.05) is 12.1 Å². The fourth-order valence-electron chi connectivity index (χ4n) is 2.68. The molecule has 2 aromatic rings. The van der Waals surface area contributed by atoms with Crippen molar-refractivity contribution in [3.05, 3.63) is 65.2 Å². The van der Waals surface area contributed by atoms with Crippen LogP contribution >= 0.6 is 0 Å². The van der Waals surface area contributed by atoms with Gasteiger partial charge in [0.25, 0.3) is 0 Å². The van der Waals surface area contributed by atoms with Gasteiger partial charge in [-0.2, -0.15) is 5.26 Å². The Bertz CT molecular complexity index is 719. The highest BCUT2D eigenvalue weighted by molar-refractivity contribution is 5.52. The van der Waals surface area contributed by atoms with Gasteiger partial charge < -0.3 is 4.90 Å². The molecule has 0 atom stereocenters. The minimum atomic E-state index is 0.663. The molecule has 2 heteroatoms. The van der Waals surface area contributed by atoms with Crippen molar-refractivity contribution in [1.29, 1.82) is 5.26 Å². The topological polar surface area (TPSA) is 27.0 Å². The van der Waals surface area contributed by atoms with Gasteiger partial charge in [-0.25, -0.2) is 0 Å². The lowest BCUT2D eigenvalue weighted by Crippen LogP contribution is -2.29. The highest BCUT2D eigenvalue weighted by Gasteiger charge is 2.09. The average molecular weight is 286 g/mol. The maximum atomic E-state index is 8.78. The first-order valence-corrected chi connectivity index (χ1v) is 7.72. The van der Waals surface area contributed by atoms with Crippen molar-refractivity contribution in [3.63, 3.8) is 0 Å². The standard InChI is InChI=1S/C20H18N2/c21-16-19-8-6-17(7-9-19)4-5-18-10-12-20(13-11-18)22-14-2-1-3-15-22/h6-13H,1-3,14-15H2. The summed E-state index contributed by atoms with van der Waals surface area (Å²) >= 11 is 0. The van der Waals surface area contributed by atoms with Gasteiger partial charge in [-0.1, -0.05) is 11.8 Å². The predicted molar refractivity (Wildman–Crippen MR) is 89.6 cm³/mol. The fraction of sp³-hybridized carbons (Fsp3) is 0.250. The third-order valence-electron chi connectivity index (χ3n) is 3.95. The van der Waals surface area contributed by atoms with E-state index in [0.717, 1.165) is 24.2 Å². The molecule has 1 aliphatic rings. The number of nitriles is 1. The van der Waals surface area contributed by atoms with E-state index in [0.29, 0.717) is 5.56 Å². The number of hydrogen-bond donors (Lipinski definition) is 0. The number of rotatable bonds is 1. The first-order valence-electron chi connectivity index (χ1n) is 7.72. The highest BCUT2D eigenvalue weighted by Crippen LogP contribution is 2.19. The van der Waals surface area contributed by atoms with E-state index in [4.69, 9.17) is 5.26 Å². The zero-order valence-corrected chi connectivity index (χ0v) is 12.5. The van der Waals surface area contributed by atoms with Gasteiger partial charge in [0, 0.05) is 29.9 Å². The molecule has 0 radical (unpaired) electrons. The van der Waals surface area contributed by atoms with Crippen LogP contribution in [0.3, 0.4) is 0 Å². The molecule has 2 aromatic carbocycles. The Morgan fingerprint density at radius 2 is 1.18 bits per heavy atom. The van der Waals surface area contributed by atoms with Gasteiger partial charge >= 0.3 is 0 Å². The van der Waals surface area contributed by atoms with Crippen molar-refractivity contribution in [3.8, 4) is 17.9 Å². The zero-order chi connectivity index (χ0) is 15.2. The number of nitrogens with zero attached hydrogens (tertiary/aromatic N) is 2.